The Morgan fingerprint density at radius 1 is 1.30 bits per heavy atom. The number of carbonyl (C=O) groups is 1. The van der Waals surface area contributed by atoms with E-state index in [0.717, 1.165) is 15.4 Å². The van der Waals surface area contributed by atoms with Gasteiger partial charge >= 0.3 is 5.97 Å². The van der Waals surface area contributed by atoms with Gasteiger partial charge in [-0.15, -0.1) is 11.3 Å². The van der Waals surface area contributed by atoms with E-state index >= 15 is 0 Å². The summed E-state index contributed by atoms with van der Waals surface area (Å²) in [5.74, 6) is -0.503. The molecule has 1 heterocycles. The van der Waals surface area contributed by atoms with Crippen LogP contribution in [0.1, 0.15) is 38.1 Å². The highest BCUT2D eigenvalue weighted by molar-refractivity contribution is 7.15. The van der Waals surface area contributed by atoms with Crippen LogP contribution in [0.25, 0.3) is 16.6 Å². The van der Waals surface area contributed by atoms with Gasteiger partial charge in [0.2, 0.25) is 0 Å². The summed E-state index contributed by atoms with van der Waals surface area (Å²) in [5.41, 5.74) is 8.27. The van der Waals surface area contributed by atoms with Gasteiger partial charge in [0.15, 0.2) is 0 Å². The molecule has 4 nitrogen and oxygen atoms in total. The van der Waals surface area contributed by atoms with Gasteiger partial charge in [-0.25, -0.2) is 9.78 Å². The summed E-state index contributed by atoms with van der Waals surface area (Å²) >= 11 is 1.49. The number of thiazole rings is 1. The Bertz CT molecular complexity index is 709. The van der Waals surface area contributed by atoms with Gasteiger partial charge in [0.05, 0.1) is 6.61 Å². The smallest absolute Gasteiger partial charge is 0.354 e. The van der Waals surface area contributed by atoms with Crippen molar-refractivity contribution < 1.29 is 9.53 Å². The van der Waals surface area contributed by atoms with Gasteiger partial charge in [-0.1, -0.05) is 45.0 Å². The number of carbonyl (C=O) groups excluding carboxylic acids is 1. The van der Waals surface area contributed by atoms with Crippen molar-refractivity contribution in [1.29, 1.82) is 0 Å². The summed E-state index contributed by atoms with van der Waals surface area (Å²) in [4.78, 5) is 16.8. The average Bonchev–Trinajstić information content (AvgIpc) is 2.95. The Labute approximate surface area is 141 Å². The molecule has 1 aromatic heterocycles. The third kappa shape index (κ3) is 4.42. The normalized spacial score (nSPS) is 12.3. The van der Waals surface area contributed by atoms with Gasteiger partial charge < -0.3 is 10.5 Å². The number of esters is 1. The first-order valence-corrected chi connectivity index (χ1v) is 8.34. The highest BCUT2D eigenvalue weighted by Crippen LogP contribution is 2.29. The number of aromatic nitrogens is 1. The highest BCUT2D eigenvalue weighted by Gasteiger charge is 2.14. The topological polar surface area (TPSA) is 65.2 Å². The molecule has 0 radical (unpaired) electrons. The standard InChI is InChI=1S/C18H22N2O2S/c1-5-22-17(21)15(19)10-14-11-20-16(23-14)12-6-8-13(9-7-12)18(2,3)4/h6-11H,5,19H2,1-4H3/b15-10-. The second-order valence-electron chi connectivity index (χ2n) is 6.22. The summed E-state index contributed by atoms with van der Waals surface area (Å²) in [6.45, 7) is 8.62. The lowest BCUT2D eigenvalue weighted by Crippen LogP contribution is -2.14. The fraction of sp³-hybridized carbons (Fsp3) is 0.333. The van der Waals surface area contributed by atoms with E-state index in [1.54, 1.807) is 19.2 Å². The van der Waals surface area contributed by atoms with Crippen LogP contribution in [0, 0.1) is 0 Å². The fourth-order valence-corrected chi connectivity index (χ4v) is 2.90. The molecule has 0 saturated carbocycles. The van der Waals surface area contributed by atoms with E-state index in [1.807, 2.05) is 0 Å². The lowest BCUT2D eigenvalue weighted by atomic mass is 9.87. The van der Waals surface area contributed by atoms with Crippen LogP contribution in [0.3, 0.4) is 0 Å². The minimum atomic E-state index is -0.503. The minimum absolute atomic E-state index is 0.0881. The zero-order chi connectivity index (χ0) is 17.0. The Balaban J connectivity index is 2.19. The van der Waals surface area contributed by atoms with Crippen molar-refractivity contribution in [3.05, 3.63) is 46.6 Å². The summed E-state index contributed by atoms with van der Waals surface area (Å²) in [5, 5.41) is 0.897. The van der Waals surface area contributed by atoms with Gasteiger partial charge in [0.1, 0.15) is 10.7 Å². The van der Waals surface area contributed by atoms with Gasteiger partial charge in [-0.05, 0) is 24.0 Å². The Kier molecular flexibility index (Phi) is 5.21. The van der Waals surface area contributed by atoms with Gasteiger partial charge in [-0.2, -0.15) is 0 Å². The number of benzene rings is 1. The van der Waals surface area contributed by atoms with Crippen LogP contribution in [0.4, 0.5) is 0 Å². The number of hydrogen-bond donors (Lipinski definition) is 1. The van der Waals surface area contributed by atoms with Crippen molar-refractivity contribution >= 4 is 23.4 Å². The van der Waals surface area contributed by atoms with Crippen molar-refractivity contribution in [3.8, 4) is 10.6 Å². The second-order valence-corrected chi connectivity index (χ2v) is 7.28. The molecule has 23 heavy (non-hydrogen) atoms. The fourth-order valence-electron chi connectivity index (χ4n) is 2.03. The van der Waals surface area contributed by atoms with Gasteiger partial charge in [0, 0.05) is 16.6 Å². The zero-order valence-corrected chi connectivity index (χ0v) is 14.7. The molecule has 0 fully saturated rings. The SMILES string of the molecule is CCOC(=O)/C(N)=C/c1cnc(-c2ccc(C(C)(C)C)cc2)s1. The molecule has 0 unspecified atom stereocenters. The molecule has 2 N–H and O–H groups in total. The molecule has 5 heteroatoms. The Hall–Kier alpha value is -2.14. The van der Waals surface area contributed by atoms with Gasteiger partial charge in [-0.3, -0.25) is 0 Å². The van der Waals surface area contributed by atoms with E-state index in [4.69, 9.17) is 10.5 Å². The third-order valence-corrected chi connectivity index (χ3v) is 4.32. The van der Waals surface area contributed by atoms with Crippen molar-refractivity contribution in [1.82, 2.24) is 4.98 Å². The quantitative estimate of drug-likeness (QED) is 0.680. The van der Waals surface area contributed by atoms with Crippen molar-refractivity contribution in [2.75, 3.05) is 6.61 Å². The number of ether oxygens (including phenoxy) is 1. The van der Waals surface area contributed by atoms with Crippen molar-refractivity contribution in [3.63, 3.8) is 0 Å². The van der Waals surface area contributed by atoms with Crippen LogP contribution in [-0.4, -0.2) is 17.6 Å². The molecule has 0 saturated heterocycles. The maximum atomic E-state index is 11.5. The Morgan fingerprint density at radius 2 is 1.96 bits per heavy atom. The minimum Gasteiger partial charge on any atom is -0.461 e. The van der Waals surface area contributed by atoms with Crippen molar-refractivity contribution in [2.45, 2.75) is 33.1 Å². The zero-order valence-electron chi connectivity index (χ0n) is 13.9. The van der Waals surface area contributed by atoms with E-state index in [9.17, 15) is 4.79 Å². The summed E-state index contributed by atoms with van der Waals surface area (Å²) < 4.78 is 4.86. The van der Waals surface area contributed by atoms with Crippen molar-refractivity contribution in [2.24, 2.45) is 5.73 Å². The second kappa shape index (κ2) is 6.96. The molecule has 0 spiro atoms. The molecule has 0 aliphatic heterocycles. The van der Waals surface area contributed by atoms with E-state index in [2.05, 4.69) is 50.0 Å². The first kappa shape index (κ1) is 17.2. The summed E-state index contributed by atoms with van der Waals surface area (Å²) in [6.07, 6.45) is 3.31. The molecular weight excluding hydrogens is 308 g/mol. The summed E-state index contributed by atoms with van der Waals surface area (Å²) in [6, 6.07) is 8.39. The van der Waals surface area contributed by atoms with E-state index < -0.39 is 5.97 Å². The number of nitrogens with two attached hydrogens (primary N) is 1. The largest absolute Gasteiger partial charge is 0.461 e. The molecule has 122 valence electrons. The molecule has 1 aromatic carbocycles. The molecule has 2 aromatic rings. The predicted molar refractivity (Wildman–Crippen MR) is 95.0 cm³/mol. The van der Waals surface area contributed by atoms with Crippen LogP contribution < -0.4 is 5.73 Å². The molecular formula is C18H22N2O2S. The molecule has 0 aliphatic carbocycles. The maximum absolute atomic E-state index is 11.5. The molecule has 0 aliphatic rings. The van der Waals surface area contributed by atoms with E-state index in [0.29, 0.717) is 6.61 Å². The van der Waals surface area contributed by atoms with E-state index in [-0.39, 0.29) is 11.1 Å². The molecule has 2 rings (SSSR count). The number of hydrogen-bond acceptors (Lipinski definition) is 5. The van der Waals surface area contributed by atoms with Gasteiger partial charge in [0.25, 0.3) is 0 Å². The monoisotopic (exact) mass is 330 g/mol. The van der Waals surface area contributed by atoms with E-state index in [1.165, 1.54) is 16.9 Å². The average molecular weight is 330 g/mol. The Morgan fingerprint density at radius 3 is 2.52 bits per heavy atom. The molecule has 0 amide bonds. The molecule has 0 atom stereocenters. The first-order valence-electron chi connectivity index (χ1n) is 7.52. The van der Waals surface area contributed by atoms with Crippen LogP contribution in [0.2, 0.25) is 0 Å². The first-order chi connectivity index (χ1) is 10.8. The van der Waals surface area contributed by atoms with Crippen LogP contribution in [0.5, 0.6) is 0 Å². The third-order valence-electron chi connectivity index (χ3n) is 3.33. The predicted octanol–water partition coefficient (Wildman–Crippen LogP) is 3.97. The number of nitrogens with zero attached hydrogens (tertiary/aromatic N) is 1. The van der Waals surface area contributed by atoms with Crippen LogP contribution in [0.15, 0.2) is 36.2 Å². The maximum Gasteiger partial charge on any atom is 0.354 e. The van der Waals surface area contributed by atoms with Crippen LogP contribution in [-0.2, 0) is 14.9 Å². The number of rotatable bonds is 4. The lowest BCUT2D eigenvalue weighted by molar-refractivity contribution is -0.138. The summed E-state index contributed by atoms with van der Waals surface area (Å²) in [7, 11) is 0. The molecule has 0 bridgehead atoms. The van der Waals surface area contributed by atoms with Crippen LogP contribution >= 0.6 is 11.3 Å². The highest BCUT2D eigenvalue weighted by atomic mass is 32.1. The lowest BCUT2D eigenvalue weighted by Gasteiger charge is -2.18.